The van der Waals surface area contributed by atoms with Crippen molar-refractivity contribution in [2.45, 2.75) is 39.5 Å². The number of amides is 2. The number of carbonyl (C=O) groups excluding carboxylic acids is 2. The fourth-order valence-corrected chi connectivity index (χ4v) is 6.92. The van der Waals surface area contributed by atoms with Crippen molar-refractivity contribution in [2.75, 3.05) is 38.0 Å². The Morgan fingerprint density at radius 1 is 0.980 bits per heavy atom. The van der Waals surface area contributed by atoms with Crippen LogP contribution in [0.2, 0.25) is 0 Å². The van der Waals surface area contributed by atoms with Crippen LogP contribution in [0.5, 0.6) is 0 Å². The summed E-state index contributed by atoms with van der Waals surface area (Å²) in [4.78, 5) is 43.9. The van der Waals surface area contributed by atoms with E-state index in [4.69, 9.17) is 0 Å². The average Bonchev–Trinajstić information content (AvgIpc) is 3.77. The van der Waals surface area contributed by atoms with E-state index < -0.39 is 5.41 Å². The van der Waals surface area contributed by atoms with E-state index in [1.165, 1.54) is 6.07 Å². The van der Waals surface area contributed by atoms with Crippen molar-refractivity contribution in [3.05, 3.63) is 96.3 Å². The highest BCUT2D eigenvalue weighted by molar-refractivity contribution is 6.00. The number of anilines is 1. The first kappa shape index (κ1) is 32.3. The molecule has 2 aromatic carbocycles. The summed E-state index contributed by atoms with van der Waals surface area (Å²) in [5, 5.41) is 11.7. The maximum Gasteiger partial charge on any atom is 0.237 e. The maximum absolute atomic E-state index is 15.1. The van der Waals surface area contributed by atoms with Crippen LogP contribution in [-0.2, 0) is 16.0 Å². The largest absolute Gasteiger partial charge is 0.338 e. The number of hydrogen-bond donors (Lipinski definition) is 2. The first-order valence-electron chi connectivity index (χ1n) is 16.9. The number of nitrogens with zero attached hydrogens (tertiary/aromatic N) is 6. The predicted octanol–water partition coefficient (Wildman–Crippen LogP) is 6.14. The summed E-state index contributed by atoms with van der Waals surface area (Å²) in [5.41, 5.74) is 5.83. The number of aromatic amines is 1. The highest BCUT2D eigenvalue weighted by Gasteiger charge is 2.43. The van der Waals surface area contributed by atoms with E-state index in [-0.39, 0.29) is 24.2 Å². The Balaban J connectivity index is 0.973. The molecule has 250 valence electrons. The number of nitrogens with one attached hydrogen (secondary N) is 2. The van der Waals surface area contributed by atoms with Crippen LogP contribution in [0.1, 0.15) is 44.4 Å². The lowest BCUT2D eigenvalue weighted by Crippen LogP contribution is -2.43. The zero-order valence-corrected chi connectivity index (χ0v) is 27.7. The minimum absolute atomic E-state index is 0.0138. The van der Waals surface area contributed by atoms with Gasteiger partial charge in [-0.1, -0.05) is 32.1 Å². The SMILES string of the molecule is CCc1cc(-c2n[nH]c3ccc(NC(=O)C4(CC)CCN(CC(=O)N5CC=C(c6ccc(-c7ncccn7)cc6F)CC5)C4)cc23)ccn1. The van der Waals surface area contributed by atoms with Crippen LogP contribution in [0.3, 0.4) is 0 Å². The molecule has 49 heavy (non-hydrogen) atoms. The van der Waals surface area contributed by atoms with Gasteiger partial charge < -0.3 is 10.2 Å². The number of aryl methyl sites for hydroxylation is 1. The Morgan fingerprint density at radius 3 is 2.59 bits per heavy atom. The summed E-state index contributed by atoms with van der Waals surface area (Å²) in [5.74, 6) is 0.126. The molecular weight excluding hydrogens is 619 g/mol. The zero-order chi connectivity index (χ0) is 34.0. The number of fused-ring (bicyclic) bond motifs is 1. The number of hydrogen-bond acceptors (Lipinski definition) is 7. The molecule has 10 nitrogen and oxygen atoms in total. The van der Waals surface area contributed by atoms with Gasteiger partial charge in [-0.25, -0.2) is 14.4 Å². The monoisotopic (exact) mass is 658 g/mol. The number of likely N-dealkylation sites (tertiary alicyclic amines) is 1. The number of pyridine rings is 1. The standard InChI is InChI=1S/C38H39FN8O2/c1-3-28-20-26(10-16-40-28)35-31-22-29(7-9-33(31)44-45-35)43-37(49)38(4-2)13-19-46(24-38)23-34(48)47-17-11-25(12-18-47)30-8-6-27(21-32(30)39)36-41-14-5-15-42-36/h5-11,14-16,20-22H,3-4,12-13,17-19,23-24H2,1-2H3,(H,43,49)(H,44,45). The molecule has 2 N–H and O–H groups in total. The lowest BCUT2D eigenvalue weighted by atomic mass is 9.83. The fraction of sp³-hybridized carbons (Fsp3) is 0.316. The van der Waals surface area contributed by atoms with Crippen molar-refractivity contribution >= 4 is 34.0 Å². The third-order valence-electron chi connectivity index (χ3n) is 9.92. The Labute approximate surface area is 284 Å². The molecular formula is C38H39FN8O2. The van der Waals surface area contributed by atoms with Gasteiger partial charge in [0.2, 0.25) is 11.8 Å². The first-order valence-corrected chi connectivity index (χ1v) is 16.9. The minimum Gasteiger partial charge on any atom is -0.338 e. The highest BCUT2D eigenvalue weighted by atomic mass is 19.1. The number of rotatable bonds is 9. The molecule has 1 unspecified atom stereocenters. The van der Waals surface area contributed by atoms with Gasteiger partial charge in [0.25, 0.3) is 0 Å². The topological polar surface area (TPSA) is 120 Å². The molecule has 0 aliphatic carbocycles. The molecule has 0 radical (unpaired) electrons. The molecule has 2 aliphatic rings. The fourth-order valence-electron chi connectivity index (χ4n) is 6.92. The van der Waals surface area contributed by atoms with E-state index in [2.05, 4.69) is 42.3 Å². The minimum atomic E-state index is -0.598. The first-order chi connectivity index (χ1) is 23.9. The maximum atomic E-state index is 15.1. The van der Waals surface area contributed by atoms with Crippen molar-refractivity contribution in [3.63, 3.8) is 0 Å². The van der Waals surface area contributed by atoms with Crippen LogP contribution >= 0.6 is 0 Å². The van der Waals surface area contributed by atoms with Gasteiger partial charge >= 0.3 is 0 Å². The molecule has 5 aromatic rings. The Bertz CT molecular complexity index is 2040. The molecule has 1 saturated heterocycles. The Morgan fingerprint density at radius 2 is 1.84 bits per heavy atom. The number of benzene rings is 2. The van der Waals surface area contributed by atoms with E-state index in [1.54, 1.807) is 30.7 Å². The summed E-state index contributed by atoms with van der Waals surface area (Å²) in [6, 6.07) is 16.6. The van der Waals surface area contributed by atoms with Gasteiger partial charge in [0.1, 0.15) is 11.5 Å². The van der Waals surface area contributed by atoms with Crippen molar-refractivity contribution in [3.8, 4) is 22.6 Å². The molecule has 3 aromatic heterocycles. The molecule has 0 saturated carbocycles. The van der Waals surface area contributed by atoms with E-state index in [0.29, 0.717) is 68.1 Å². The normalized spacial score (nSPS) is 18.1. The number of H-pyrrole nitrogens is 1. The van der Waals surface area contributed by atoms with Crippen LogP contribution in [-0.4, -0.2) is 79.5 Å². The average molecular weight is 659 g/mol. The number of carbonyl (C=O) groups is 2. The van der Waals surface area contributed by atoms with Gasteiger partial charge in [-0.15, -0.1) is 0 Å². The third kappa shape index (κ3) is 6.58. The quantitative estimate of drug-likeness (QED) is 0.195. The van der Waals surface area contributed by atoms with E-state index in [9.17, 15) is 9.59 Å². The molecule has 2 aliphatic heterocycles. The van der Waals surface area contributed by atoms with Crippen molar-refractivity contribution < 1.29 is 14.0 Å². The van der Waals surface area contributed by atoms with Crippen molar-refractivity contribution in [1.82, 2.24) is 34.9 Å². The molecule has 0 spiro atoms. The van der Waals surface area contributed by atoms with Gasteiger partial charge in [0.05, 0.1) is 17.5 Å². The summed E-state index contributed by atoms with van der Waals surface area (Å²) >= 11 is 0. The lowest BCUT2D eigenvalue weighted by molar-refractivity contribution is -0.132. The summed E-state index contributed by atoms with van der Waals surface area (Å²) in [7, 11) is 0. The van der Waals surface area contributed by atoms with E-state index >= 15 is 4.39 Å². The second-order valence-corrected chi connectivity index (χ2v) is 12.9. The van der Waals surface area contributed by atoms with Crippen molar-refractivity contribution in [2.24, 2.45) is 5.41 Å². The van der Waals surface area contributed by atoms with Crippen LogP contribution < -0.4 is 5.32 Å². The van der Waals surface area contributed by atoms with Crippen molar-refractivity contribution in [1.29, 1.82) is 0 Å². The van der Waals surface area contributed by atoms with Crippen LogP contribution in [0.15, 0.2) is 79.3 Å². The smallest absolute Gasteiger partial charge is 0.237 e. The second kappa shape index (κ2) is 13.7. The van der Waals surface area contributed by atoms with Crippen LogP contribution in [0.4, 0.5) is 10.1 Å². The van der Waals surface area contributed by atoms with Gasteiger partial charge in [0.15, 0.2) is 5.82 Å². The highest BCUT2D eigenvalue weighted by Crippen LogP contribution is 2.36. The van der Waals surface area contributed by atoms with Gasteiger partial charge in [-0.2, -0.15) is 5.10 Å². The summed E-state index contributed by atoms with van der Waals surface area (Å²) in [6.07, 6.45) is 9.73. The lowest BCUT2D eigenvalue weighted by Gasteiger charge is -2.30. The van der Waals surface area contributed by atoms with Crippen LogP contribution in [0.25, 0.3) is 39.1 Å². The van der Waals surface area contributed by atoms with E-state index in [1.807, 2.05) is 54.3 Å². The summed E-state index contributed by atoms with van der Waals surface area (Å²) < 4.78 is 15.1. The molecule has 7 rings (SSSR count). The molecule has 1 fully saturated rings. The number of halogens is 1. The van der Waals surface area contributed by atoms with Gasteiger partial charge in [-0.05, 0) is 80.3 Å². The molecule has 0 bridgehead atoms. The van der Waals surface area contributed by atoms with Gasteiger partial charge in [0, 0.05) is 71.7 Å². The second-order valence-electron chi connectivity index (χ2n) is 12.9. The zero-order valence-electron chi connectivity index (χ0n) is 27.7. The third-order valence-corrected chi connectivity index (χ3v) is 9.92. The van der Waals surface area contributed by atoms with E-state index in [0.717, 1.165) is 39.8 Å². The Hall–Kier alpha value is -5.29. The Kier molecular flexibility index (Phi) is 9.01. The summed E-state index contributed by atoms with van der Waals surface area (Å²) in [6.45, 7) is 6.45. The predicted molar refractivity (Wildman–Crippen MR) is 188 cm³/mol. The number of aromatic nitrogens is 5. The molecule has 2 amide bonds. The van der Waals surface area contributed by atoms with Crippen LogP contribution in [0, 0.1) is 11.2 Å². The van der Waals surface area contributed by atoms with Gasteiger partial charge in [-0.3, -0.25) is 24.6 Å². The molecule has 5 heterocycles. The molecule has 1 atom stereocenters. The molecule has 11 heteroatoms.